The molecule has 0 aliphatic heterocycles. The number of fused-ring (bicyclic) bond motifs is 1. The van der Waals surface area contributed by atoms with E-state index in [-0.39, 0.29) is 17.2 Å². The number of aromatic hydroxyl groups is 1. The van der Waals surface area contributed by atoms with E-state index >= 15 is 0 Å². The number of rotatable bonds is 4. The predicted octanol–water partition coefficient (Wildman–Crippen LogP) is 3.10. The molecule has 3 rings (SSSR count). The Hall–Kier alpha value is -2.67. The zero-order valence-electron chi connectivity index (χ0n) is 14.3. The fourth-order valence-corrected chi connectivity index (χ4v) is 3.37. The number of anilines is 1. The minimum absolute atomic E-state index is 0.213. The summed E-state index contributed by atoms with van der Waals surface area (Å²) in [7, 11) is 1.54. The van der Waals surface area contributed by atoms with Crippen molar-refractivity contribution in [2.75, 3.05) is 11.9 Å². The number of amides is 1. The Morgan fingerprint density at radius 1 is 1.36 bits per heavy atom. The molecular weight excluding hydrogens is 338 g/mol. The van der Waals surface area contributed by atoms with Crippen molar-refractivity contribution >= 4 is 33.3 Å². The van der Waals surface area contributed by atoms with Gasteiger partial charge in [-0.3, -0.25) is 14.5 Å². The van der Waals surface area contributed by atoms with Crippen LogP contribution in [0.4, 0.5) is 5.13 Å². The molecule has 3 aromatic rings. The van der Waals surface area contributed by atoms with Crippen molar-refractivity contribution in [3.63, 3.8) is 0 Å². The molecule has 0 saturated heterocycles. The normalized spacial score (nSPS) is 11.2. The topological polar surface area (TPSA) is 75.4 Å². The molecule has 0 atom stereocenters. The van der Waals surface area contributed by atoms with Crippen LogP contribution in [0.25, 0.3) is 10.9 Å². The molecule has 25 heavy (non-hydrogen) atoms. The third-order valence-electron chi connectivity index (χ3n) is 3.92. The fraction of sp³-hybridized carbons (Fsp3) is 0.278. The van der Waals surface area contributed by atoms with Crippen molar-refractivity contribution < 1.29 is 9.90 Å². The van der Waals surface area contributed by atoms with E-state index in [1.54, 1.807) is 47.5 Å². The van der Waals surface area contributed by atoms with Crippen molar-refractivity contribution in [2.24, 2.45) is 5.92 Å². The maximum atomic E-state index is 13.0. The molecule has 0 aliphatic carbocycles. The lowest BCUT2D eigenvalue weighted by Gasteiger charge is -2.19. The lowest BCUT2D eigenvalue weighted by atomic mass is 10.1. The number of pyridine rings is 1. The lowest BCUT2D eigenvalue weighted by Crippen LogP contribution is -2.35. The van der Waals surface area contributed by atoms with Gasteiger partial charge < -0.3 is 9.67 Å². The van der Waals surface area contributed by atoms with Crippen LogP contribution in [0.3, 0.4) is 0 Å². The monoisotopic (exact) mass is 357 g/mol. The van der Waals surface area contributed by atoms with Crippen LogP contribution in [0, 0.1) is 5.92 Å². The van der Waals surface area contributed by atoms with Crippen LogP contribution in [0.1, 0.15) is 24.2 Å². The van der Waals surface area contributed by atoms with Crippen LogP contribution >= 0.6 is 11.3 Å². The first-order valence-electron chi connectivity index (χ1n) is 7.93. The minimum atomic E-state index is -0.569. The van der Waals surface area contributed by atoms with Crippen LogP contribution in [0.5, 0.6) is 5.75 Å². The molecule has 130 valence electrons. The summed E-state index contributed by atoms with van der Waals surface area (Å²) in [5.41, 5.74) is -0.0949. The highest BCUT2D eigenvalue weighted by molar-refractivity contribution is 7.13. The highest BCUT2D eigenvalue weighted by Crippen LogP contribution is 2.28. The zero-order valence-corrected chi connectivity index (χ0v) is 15.1. The maximum absolute atomic E-state index is 13.0. The Bertz CT molecular complexity index is 977. The number of thiazole rings is 1. The highest BCUT2D eigenvalue weighted by Gasteiger charge is 2.26. The summed E-state index contributed by atoms with van der Waals surface area (Å²) in [6.45, 7) is 4.45. The summed E-state index contributed by atoms with van der Waals surface area (Å²) in [6, 6.07) is 7.06. The quantitative estimate of drug-likeness (QED) is 0.778. The summed E-state index contributed by atoms with van der Waals surface area (Å²) < 4.78 is 1.56. The Labute approximate surface area is 149 Å². The van der Waals surface area contributed by atoms with Crippen molar-refractivity contribution in [3.05, 3.63) is 51.8 Å². The Morgan fingerprint density at radius 2 is 2.08 bits per heavy atom. The smallest absolute Gasteiger partial charge is 0.269 e. The van der Waals surface area contributed by atoms with Crippen LogP contribution in [0.2, 0.25) is 0 Å². The van der Waals surface area contributed by atoms with Crippen LogP contribution in [-0.2, 0) is 6.54 Å². The van der Waals surface area contributed by atoms with Gasteiger partial charge in [0.15, 0.2) is 5.13 Å². The molecule has 2 heterocycles. The van der Waals surface area contributed by atoms with E-state index in [0.717, 1.165) is 0 Å². The molecule has 0 radical (unpaired) electrons. The number of nitrogens with zero attached hydrogens (tertiary/aromatic N) is 3. The molecule has 1 aromatic carbocycles. The van der Waals surface area contributed by atoms with Gasteiger partial charge in [0.1, 0.15) is 11.3 Å². The molecular formula is C18H19N3O3S. The third kappa shape index (κ3) is 3.02. The van der Waals surface area contributed by atoms with Gasteiger partial charge >= 0.3 is 0 Å². The minimum Gasteiger partial charge on any atom is -0.506 e. The number of carbonyl (C=O) groups is 1. The average Bonchev–Trinajstić information content (AvgIpc) is 3.12. The molecule has 1 amide bonds. The van der Waals surface area contributed by atoms with Gasteiger partial charge in [-0.1, -0.05) is 26.0 Å². The molecule has 0 saturated carbocycles. The Kier molecular flexibility index (Phi) is 4.59. The Balaban J connectivity index is 2.24. The first kappa shape index (κ1) is 17.2. The van der Waals surface area contributed by atoms with Crippen molar-refractivity contribution in [2.45, 2.75) is 20.4 Å². The van der Waals surface area contributed by atoms with E-state index in [1.165, 1.54) is 16.2 Å². The summed E-state index contributed by atoms with van der Waals surface area (Å²) >= 11 is 1.29. The standard InChI is InChI=1S/C18H19N3O3S/c1-11(2)10-21-13-7-5-4-6-12(13)15(22)14(17(21)24)16(23)20(3)18-19-8-9-25-18/h4-9,11,22H,10H2,1-3H3. The second kappa shape index (κ2) is 6.68. The zero-order chi connectivity index (χ0) is 18.1. The molecule has 2 aromatic heterocycles. The molecule has 0 spiro atoms. The van der Waals surface area contributed by atoms with Gasteiger partial charge in [0.2, 0.25) is 0 Å². The van der Waals surface area contributed by atoms with Gasteiger partial charge in [-0.15, -0.1) is 11.3 Å². The Morgan fingerprint density at radius 3 is 2.72 bits per heavy atom. The summed E-state index contributed by atoms with van der Waals surface area (Å²) in [5, 5.41) is 13.3. The number of benzene rings is 1. The molecule has 7 heteroatoms. The average molecular weight is 357 g/mol. The van der Waals surface area contributed by atoms with Gasteiger partial charge in [-0.05, 0) is 18.1 Å². The molecule has 0 fully saturated rings. The van der Waals surface area contributed by atoms with Crippen LogP contribution in [0.15, 0.2) is 40.6 Å². The highest BCUT2D eigenvalue weighted by atomic mass is 32.1. The number of aromatic nitrogens is 2. The summed E-state index contributed by atoms with van der Waals surface area (Å²) in [6.07, 6.45) is 1.58. The van der Waals surface area contributed by atoms with Gasteiger partial charge in [0.25, 0.3) is 11.5 Å². The third-order valence-corrected chi connectivity index (χ3v) is 4.77. The van der Waals surface area contributed by atoms with Crippen molar-refractivity contribution in [1.29, 1.82) is 0 Å². The van der Waals surface area contributed by atoms with Gasteiger partial charge in [-0.25, -0.2) is 4.98 Å². The second-order valence-electron chi connectivity index (χ2n) is 6.23. The molecule has 0 aliphatic rings. The van der Waals surface area contributed by atoms with E-state index < -0.39 is 11.5 Å². The molecule has 6 nitrogen and oxygen atoms in total. The number of hydrogen-bond acceptors (Lipinski definition) is 5. The SMILES string of the molecule is CC(C)Cn1c(=O)c(C(=O)N(C)c2nccs2)c(O)c2ccccc21. The van der Waals surface area contributed by atoms with Gasteiger partial charge in [0.05, 0.1) is 5.52 Å². The summed E-state index contributed by atoms with van der Waals surface area (Å²) in [5.74, 6) is -0.639. The van der Waals surface area contributed by atoms with Crippen molar-refractivity contribution in [1.82, 2.24) is 9.55 Å². The van der Waals surface area contributed by atoms with Crippen molar-refractivity contribution in [3.8, 4) is 5.75 Å². The van der Waals surface area contributed by atoms with E-state index in [2.05, 4.69) is 4.98 Å². The summed E-state index contributed by atoms with van der Waals surface area (Å²) in [4.78, 5) is 31.3. The number of carbonyl (C=O) groups excluding carboxylic acids is 1. The lowest BCUT2D eigenvalue weighted by molar-refractivity contribution is 0.0988. The number of hydrogen-bond donors (Lipinski definition) is 1. The van der Waals surface area contributed by atoms with E-state index in [0.29, 0.717) is 22.6 Å². The second-order valence-corrected chi connectivity index (χ2v) is 7.10. The molecule has 0 bridgehead atoms. The maximum Gasteiger partial charge on any atom is 0.269 e. The number of para-hydroxylation sites is 1. The first-order valence-corrected chi connectivity index (χ1v) is 8.81. The molecule has 1 N–H and O–H groups in total. The van der Waals surface area contributed by atoms with Gasteiger partial charge in [0, 0.05) is 30.6 Å². The first-order chi connectivity index (χ1) is 11.9. The van der Waals surface area contributed by atoms with E-state index in [1.807, 2.05) is 13.8 Å². The van der Waals surface area contributed by atoms with E-state index in [9.17, 15) is 14.7 Å². The van der Waals surface area contributed by atoms with E-state index in [4.69, 9.17) is 0 Å². The largest absolute Gasteiger partial charge is 0.506 e. The molecule has 0 unspecified atom stereocenters. The van der Waals surface area contributed by atoms with Crippen LogP contribution < -0.4 is 10.5 Å². The van der Waals surface area contributed by atoms with Gasteiger partial charge in [-0.2, -0.15) is 0 Å². The van der Waals surface area contributed by atoms with Crippen LogP contribution in [-0.4, -0.2) is 27.6 Å². The predicted molar refractivity (Wildman–Crippen MR) is 99.6 cm³/mol. The fourth-order valence-electron chi connectivity index (χ4n) is 2.76.